The lowest BCUT2D eigenvalue weighted by Crippen LogP contribution is -2.32. The van der Waals surface area contributed by atoms with Crippen LogP contribution in [0, 0.1) is 5.92 Å². The first-order valence-corrected chi connectivity index (χ1v) is 3.51. The van der Waals surface area contributed by atoms with Gasteiger partial charge in [0.25, 0.3) is 0 Å². The molecule has 0 aromatic rings. The van der Waals surface area contributed by atoms with Crippen molar-refractivity contribution < 1.29 is 9.90 Å². The van der Waals surface area contributed by atoms with E-state index >= 15 is 0 Å². The van der Waals surface area contributed by atoms with Crippen molar-refractivity contribution in [3.05, 3.63) is 0 Å². The number of carbonyl (C=O) groups excluding carboxylic acids is 1. The number of rotatable bonds is 5. The molecule has 1 atom stereocenters. The summed E-state index contributed by atoms with van der Waals surface area (Å²) in [6, 6.07) is -0.0718. The number of aliphatic hydroxyl groups is 1. The normalized spacial score (nSPS) is 13.2. The molecule has 0 bridgehead atoms. The number of hydrogen-bond donors (Lipinski definition) is 2. The van der Waals surface area contributed by atoms with E-state index in [9.17, 15) is 4.79 Å². The molecule has 0 saturated carbocycles. The first-order chi connectivity index (χ1) is 4.70. The van der Waals surface area contributed by atoms with E-state index in [2.05, 4.69) is 19.2 Å². The van der Waals surface area contributed by atoms with Crippen LogP contribution in [-0.4, -0.2) is 24.2 Å². The van der Waals surface area contributed by atoms with Gasteiger partial charge in [0.15, 0.2) is 0 Å². The second kappa shape index (κ2) is 5.23. The van der Waals surface area contributed by atoms with Gasteiger partial charge in [0.05, 0.1) is 12.6 Å². The molecule has 0 radical (unpaired) electrons. The van der Waals surface area contributed by atoms with E-state index in [-0.39, 0.29) is 12.6 Å². The molecule has 3 heteroatoms. The molecule has 0 aromatic heterocycles. The highest BCUT2D eigenvalue weighted by Crippen LogP contribution is 2.02. The van der Waals surface area contributed by atoms with Crippen LogP contribution in [0.2, 0.25) is 0 Å². The zero-order valence-electron chi connectivity index (χ0n) is 6.50. The zero-order valence-corrected chi connectivity index (χ0v) is 6.50. The van der Waals surface area contributed by atoms with Crippen LogP contribution in [0.15, 0.2) is 0 Å². The van der Waals surface area contributed by atoms with Crippen LogP contribution in [-0.2, 0) is 4.79 Å². The van der Waals surface area contributed by atoms with E-state index in [1.165, 1.54) is 0 Å². The second-order valence-corrected chi connectivity index (χ2v) is 2.79. The monoisotopic (exact) mass is 145 g/mol. The summed E-state index contributed by atoms with van der Waals surface area (Å²) in [5, 5.41) is 11.2. The van der Waals surface area contributed by atoms with Crippen molar-refractivity contribution in [2.24, 2.45) is 5.92 Å². The summed E-state index contributed by atoms with van der Waals surface area (Å²) in [6.07, 6.45) is 1.46. The van der Waals surface area contributed by atoms with E-state index in [1.54, 1.807) is 0 Å². The minimum absolute atomic E-state index is 0.0247. The van der Waals surface area contributed by atoms with E-state index in [0.29, 0.717) is 12.3 Å². The van der Waals surface area contributed by atoms with Gasteiger partial charge in [-0.2, -0.15) is 0 Å². The zero-order chi connectivity index (χ0) is 7.98. The molecule has 0 rings (SSSR count). The molecule has 0 aromatic carbocycles. The first kappa shape index (κ1) is 9.43. The van der Waals surface area contributed by atoms with Crippen molar-refractivity contribution >= 4 is 6.41 Å². The lowest BCUT2D eigenvalue weighted by molar-refractivity contribution is -0.110. The molecular weight excluding hydrogens is 130 g/mol. The van der Waals surface area contributed by atoms with Crippen LogP contribution < -0.4 is 5.32 Å². The summed E-state index contributed by atoms with van der Waals surface area (Å²) < 4.78 is 0. The highest BCUT2D eigenvalue weighted by molar-refractivity contribution is 5.46. The van der Waals surface area contributed by atoms with Crippen molar-refractivity contribution in [1.29, 1.82) is 0 Å². The molecule has 60 valence electrons. The van der Waals surface area contributed by atoms with Gasteiger partial charge in [-0.05, 0) is 12.3 Å². The fourth-order valence-corrected chi connectivity index (χ4v) is 0.861. The molecule has 2 N–H and O–H groups in total. The van der Waals surface area contributed by atoms with E-state index in [1.807, 2.05) is 0 Å². The number of nitrogens with one attached hydrogen (secondary N) is 1. The summed E-state index contributed by atoms with van der Waals surface area (Å²) in [6.45, 7) is 4.13. The Balaban J connectivity index is 3.48. The average Bonchev–Trinajstić information content (AvgIpc) is 1.86. The third kappa shape index (κ3) is 4.32. The molecule has 1 amide bonds. The maximum atomic E-state index is 9.93. The fraction of sp³-hybridized carbons (Fsp3) is 0.857. The standard InChI is InChI=1S/C7H15NO2/c1-6(2)3-7(4-9)8-5-10/h5-7,9H,3-4H2,1-2H3,(H,8,10)/t7-/m1/s1. The van der Waals surface area contributed by atoms with Gasteiger partial charge in [-0.1, -0.05) is 13.8 Å². The maximum Gasteiger partial charge on any atom is 0.207 e. The number of amides is 1. The van der Waals surface area contributed by atoms with Crippen molar-refractivity contribution in [1.82, 2.24) is 5.32 Å². The molecule has 10 heavy (non-hydrogen) atoms. The summed E-state index contributed by atoms with van der Waals surface area (Å²) >= 11 is 0. The molecular formula is C7H15NO2. The quantitative estimate of drug-likeness (QED) is 0.541. The van der Waals surface area contributed by atoms with Crippen LogP contribution in [0.5, 0.6) is 0 Å². The summed E-state index contributed by atoms with van der Waals surface area (Å²) in [4.78, 5) is 9.93. The predicted octanol–water partition coefficient (Wildman–Crippen LogP) is 0.139. The van der Waals surface area contributed by atoms with Gasteiger partial charge >= 0.3 is 0 Å². The number of aliphatic hydroxyl groups excluding tert-OH is 1. The number of hydrogen-bond acceptors (Lipinski definition) is 2. The molecule has 3 nitrogen and oxygen atoms in total. The largest absolute Gasteiger partial charge is 0.394 e. The highest BCUT2D eigenvalue weighted by Gasteiger charge is 2.06. The Morgan fingerprint density at radius 3 is 2.50 bits per heavy atom. The Labute approximate surface area is 61.4 Å². The minimum Gasteiger partial charge on any atom is -0.394 e. The lowest BCUT2D eigenvalue weighted by atomic mass is 10.1. The number of carbonyl (C=O) groups is 1. The minimum atomic E-state index is -0.0718. The summed E-state index contributed by atoms with van der Waals surface area (Å²) in [7, 11) is 0. The van der Waals surface area contributed by atoms with E-state index in [4.69, 9.17) is 5.11 Å². The Morgan fingerprint density at radius 1 is 1.60 bits per heavy atom. The Hall–Kier alpha value is -0.570. The van der Waals surface area contributed by atoms with Crippen molar-refractivity contribution in [2.45, 2.75) is 26.3 Å². The van der Waals surface area contributed by atoms with E-state index in [0.717, 1.165) is 6.42 Å². The molecule has 0 spiro atoms. The van der Waals surface area contributed by atoms with Gasteiger partial charge in [-0.15, -0.1) is 0 Å². The molecule has 0 aliphatic rings. The van der Waals surface area contributed by atoms with Gasteiger partial charge in [0, 0.05) is 0 Å². The molecule has 0 fully saturated rings. The van der Waals surface area contributed by atoms with Gasteiger partial charge < -0.3 is 10.4 Å². The van der Waals surface area contributed by atoms with Gasteiger partial charge in [-0.3, -0.25) is 4.79 Å². The van der Waals surface area contributed by atoms with Gasteiger partial charge in [0.2, 0.25) is 6.41 Å². The van der Waals surface area contributed by atoms with Gasteiger partial charge in [0.1, 0.15) is 0 Å². The lowest BCUT2D eigenvalue weighted by Gasteiger charge is -2.14. The molecule has 0 heterocycles. The Kier molecular flexibility index (Phi) is 4.94. The molecule has 0 aliphatic carbocycles. The molecule has 0 saturated heterocycles. The maximum absolute atomic E-state index is 9.93. The molecule has 0 aliphatic heterocycles. The third-order valence-corrected chi connectivity index (χ3v) is 1.28. The highest BCUT2D eigenvalue weighted by atomic mass is 16.3. The summed E-state index contributed by atoms with van der Waals surface area (Å²) in [5.74, 6) is 0.504. The van der Waals surface area contributed by atoms with Crippen LogP contribution in [0.25, 0.3) is 0 Å². The third-order valence-electron chi connectivity index (χ3n) is 1.28. The van der Waals surface area contributed by atoms with Crippen LogP contribution in [0.1, 0.15) is 20.3 Å². The predicted molar refractivity (Wildman–Crippen MR) is 39.5 cm³/mol. The van der Waals surface area contributed by atoms with Crippen molar-refractivity contribution in [2.75, 3.05) is 6.61 Å². The smallest absolute Gasteiger partial charge is 0.207 e. The van der Waals surface area contributed by atoms with E-state index < -0.39 is 0 Å². The van der Waals surface area contributed by atoms with Crippen molar-refractivity contribution in [3.8, 4) is 0 Å². The van der Waals surface area contributed by atoms with Crippen LogP contribution >= 0.6 is 0 Å². The molecule has 0 unspecified atom stereocenters. The van der Waals surface area contributed by atoms with Crippen molar-refractivity contribution in [3.63, 3.8) is 0 Å². The van der Waals surface area contributed by atoms with Crippen LogP contribution in [0.3, 0.4) is 0 Å². The SMILES string of the molecule is CC(C)C[C@H](CO)NC=O. The average molecular weight is 145 g/mol. The second-order valence-electron chi connectivity index (χ2n) is 2.79. The first-order valence-electron chi connectivity index (χ1n) is 3.51. The Bertz CT molecular complexity index is 93.6. The fourth-order valence-electron chi connectivity index (χ4n) is 0.861. The Morgan fingerprint density at radius 2 is 2.20 bits per heavy atom. The van der Waals surface area contributed by atoms with Gasteiger partial charge in [-0.25, -0.2) is 0 Å². The topological polar surface area (TPSA) is 49.3 Å². The van der Waals surface area contributed by atoms with Crippen LogP contribution in [0.4, 0.5) is 0 Å². The summed E-state index contributed by atoms with van der Waals surface area (Å²) in [5.41, 5.74) is 0.